The molecule has 2 fully saturated rings. The van der Waals surface area contributed by atoms with Gasteiger partial charge in [0.25, 0.3) is 11.8 Å². The van der Waals surface area contributed by atoms with E-state index >= 15 is 0 Å². The SMILES string of the molecule is CNC(=O)c1cc(C2CC2)nc2c1c(C1CCCN(C(=O)c3ccc(C)cc3)C1)nn2C. The molecule has 1 saturated heterocycles. The fourth-order valence-electron chi connectivity index (χ4n) is 4.75. The van der Waals surface area contributed by atoms with Crippen LogP contribution in [0.5, 0.6) is 0 Å². The number of hydrogen-bond acceptors (Lipinski definition) is 4. The fourth-order valence-corrected chi connectivity index (χ4v) is 4.75. The number of nitrogens with zero attached hydrogens (tertiary/aromatic N) is 4. The molecule has 2 aromatic heterocycles. The first-order valence-electron chi connectivity index (χ1n) is 11.4. The quantitative estimate of drug-likeness (QED) is 0.685. The van der Waals surface area contributed by atoms with Crippen LogP contribution in [0.2, 0.25) is 0 Å². The summed E-state index contributed by atoms with van der Waals surface area (Å²) in [5, 5.41) is 8.43. The van der Waals surface area contributed by atoms with Crippen molar-refractivity contribution in [2.24, 2.45) is 7.05 Å². The number of likely N-dealkylation sites (tertiary alicyclic amines) is 1. The molecule has 1 unspecified atom stereocenters. The van der Waals surface area contributed by atoms with Gasteiger partial charge in [0.15, 0.2) is 5.65 Å². The molecule has 1 aromatic carbocycles. The number of hydrogen-bond donors (Lipinski definition) is 1. The Hall–Kier alpha value is -3.22. The van der Waals surface area contributed by atoms with E-state index in [-0.39, 0.29) is 17.7 Å². The number of benzene rings is 1. The van der Waals surface area contributed by atoms with E-state index in [1.165, 1.54) is 0 Å². The fraction of sp³-hybridized carbons (Fsp3) is 0.440. The van der Waals surface area contributed by atoms with Gasteiger partial charge in [0, 0.05) is 50.3 Å². The predicted octanol–water partition coefficient (Wildman–Crippen LogP) is 3.53. The molecule has 3 aromatic rings. The number of aryl methyl sites for hydroxylation is 2. The van der Waals surface area contributed by atoms with Crippen LogP contribution in [0.4, 0.5) is 0 Å². The molecule has 2 aliphatic rings. The summed E-state index contributed by atoms with van der Waals surface area (Å²) in [4.78, 5) is 32.7. The van der Waals surface area contributed by atoms with Crippen LogP contribution in [-0.2, 0) is 7.05 Å². The van der Waals surface area contributed by atoms with Crippen LogP contribution in [0, 0.1) is 6.92 Å². The van der Waals surface area contributed by atoms with E-state index in [9.17, 15) is 9.59 Å². The summed E-state index contributed by atoms with van der Waals surface area (Å²) in [6.07, 6.45) is 4.08. The number of fused-ring (bicyclic) bond motifs is 1. The molecule has 1 aliphatic carbocycles. The molecule has 32 heavy (non-hydrogen) atoms. The van der Waals surface area contributed by atoms with Gasteiger partial charge >= 0.3 is 0 Å². The lowest BCUT2D eigenvalue weighted by Crippen LogP contribution is -2.39. The molecule has 7 heteroatoms. The summed E-state index contributed by atoms with van der Waals surface area (Å²) in [7, 11) is 3.55. The van der Waals surface area contributed by atoms with E-state index in [2.05, 4.69) is 5.32 Å². The van der Waals surface area contributed by atoms with Gasteiger partial charge in [-0.05, 0) is 50.8 Å². The zero-order valence-corrected chi connectivity index (χ0v) is 18.9. The standard InChI is InChI=1S/C25H29N5O2/c1-15-6-8-17(9-7-15)25(32)30-12-4-5-18(14-30)22-21-19(24(31)26-2)13-20(16-10-11-16)27-23(21)29(3)28-22/h6-9,13,16,18H,4-5,10-12,14H2,1-3H3,(H,26,31). The van der Waals surface area contributed by atoms with Gasteiger partial charge in [0.1, 0.15) is 0 Å². The van der Waals surface area contributed by atoms with Crippen molar-refractivity contribution >= 4 is 22.8 Å². The number of amides is 2. The summed E-state index contributed by atoms with van der Waals surface area (Å²) in [6.45, 7) is 3.35. The lowest BCUT2D eigenvalue weighted by molar-refractivity contribution is 0.0705. The summed E-state index contributed by atoms with van der Waals surface area (Å²) < 4.78 is 1.80. The zero-order valence-electron chi connectivity index (χ0n) is 18.9. The summed E-state index contributed by atoms with van der Waals surface area (Å²) in [5.74, 6) is 0.449. The molecule has 5 rings (SSSR count). The highest BCUT2D eigenvalue weighted by atomic mass is 16.2. The number of carbonyl (C=O) groups excluding carboxylic acids is 2. The van der Waals surface area contributed by atoms with Gasteiger partial charge in [-0.1, -0.05) is 17.7 Å². The van der Waals surface area contributed by atoms with Gasteiger partial charge < -0.3 is 10.2 Å². The number of pyridine rings is 1. The lowest BCUT2D eigenvalue weighted by atomic mass is 9.91. The van der Waals surface area contributed by atoms with Gasteiger partial charge in [-0.25, -0.2) is 4.98 Å². The van der Waals surface area contributed by atoms with Crippen LogP contribution < -0.4 is 5.32 Å². The topological polar surface area (TPSA) is 80.1 Å². The van der Waals surface area contributed by atoms with Gasteiger partial charge in [0.05, 0.1) is 16.6 Å². The van der Waals surface area contributed by atoms with E-state index in [4.69, 9.17) is 10.1 Å². The number of rotatable bonds is 4. The first kappa shape index (κ1) is 20.7. The summed E-state index contributed by atoms with van der Waals surface area (Å²) in [6, 6.07) is 9.68. The van der Waals surface area contributed by atoms with Crippen LogP contribution >= 0.6 is 0 Å². The second-order valence-electron chi connectivity index (χ2n) is 9.11. The second kappa shape index (κ2) is 8.04. The molecule has 0 radical (unpaired) electrons. The minimum atomic E-state index is -0.114. The van der Waals surface area contributed by atoms with Crippen molar-refractivity contribution < 1.29 is 9.59 Å². The molecule has 0 spiro atoms. The van der Waals surface area contributed by atoms with Gasteiger partial charge in [-0.15, -0.1) is 0 Å². The lowest BCUT2D eigenvalue weighted by Gasteiger charge is -2.32. The van der Waals surface area contributed by atoms with Gasteiger partial charge in [-0.2, -0.15) is 5.10 Å². The maximum absolute atomic E-state index is 13.1. The number of carbonyl (C=O) groups is 2. The maximum Gasteiger partial charge on any atom is 0.253 e. The summed E-state index contributed by atoms with van der Waals surface area (Å²) in [5.41, 5.74) is 5.10. The van der Waals surface area contributed by atoms with Crippen molar-refractivity contribution in [3.8, 4) is 0 Å². The van der Waals surface area contributed by atoms with Crippen LogP contribution in [-0.4, -0.2) is 51.6 Å². The van der Waals surface area contributed by atoms with E-state index < -0.39 is 0 Å². The Morgan fingerprint density at radius 2 is 1.84 bits per heavy atom. The van der Waals surface area contributed by atoms with Gasteiger partial charge in [-0.3, -0.25) is 14.3 Å². The molecule has 1 atom stereocenters. The Kier molecular flexibility index (Phi) is 5.19. The highest BCUT2D eigenvalue weighted by Gasteiger charge is 2.33. The van der Waals surface area contributed by atoms with E-state index in [0.717, 1.165) is 60.2 Å². The van der Waals surface area contributed by atoms with Crippen molar-refractivity contribution in [1.82, 2.24) is 25.0 Å². The minimum Gasteiger partial charge on any atom is -0.355 e. The highest BCUT2D eigenvalue weighted by Crippen LogP contribution is 2.41. The van der Waals surface area contributed by atoms with E-state index in [0.29, 0.717) is 23.6 Å². The first-order chi connectivity index (χ1) is 15.5. The van der Waals surface area contributed by atoms with Crippen LogP contribution in [0.25, 0.3) is 11.0 Å². The third kappa shape index (κ3) is 3.66. The third-order valence-electron chi connectivity index (χ3n) is 6.70. The number of piperidine rings is 1. The third-order valence-corrected chi connectivity index (χ3v) is 6.70. The number of nitrogens with one attached hydrogen (secondary N) is 1. The predicted molar refractivity (Wildman–Crippen MR) is 123 cm³/mol. The highest BCUT2D eigenvalue weighted by molar-refractivity contribution is 6.06. The second-order valence-corrected chi connectivity index (χ2v) is 9.11. The first-order valence-corrected chi connectivity index (χ1v) is 11.4. The zero-order chi connectivity index (χ0) is 22.4. The molecule has 3 heterocycles. The van der Waals surface area contributed by atoms with Crippen molar-refractivity contribution in [1.29, 1.82) is 0 Å². The maximum atomic E-state index is 13.1. The molecule has 166 valence electrons. The van der Waals surface area contributed by atoms with Crippen molar-refractivity contribution in [3.63, 3.8) is 0 Å². The van der Waals surface area contributed by atoms with Gasteiger partial charge in [0.2, 0.25) is 0 Å². The monoisotopic (exact) mass is 431 g/mol. The molecule has 1 saturated carbocycles. The van der Waals surface area contributed by atoms with E-state index in [1.807, 2.05) is 49.2 Å². The Morgan fingerprint density at radius 1 is 1.09 bits per heavy atom. The van der Waals surface area contributed by atoms with Crippen molar-refractivity contribution in [3.05, 3.63) is 58.4 Å². The van der Waals surface area contributed by atoms with Crippen LogP contribution in [0.3, 0.4) is 0 Å². The Labute approximate surface area is 187 Å². The van der Waals surface area contributed by atoms with Crippen LogP contribution in [0.15, 0.2) is 30.3 Å². The normalized spacial score (nSPS) is 18.7. The van der Waals surface area contributed by atoms with E-state index in [1.54, 1.807) is 11.7 Å². The molecular weight excluding hydrogens is 402 g/mol. The Bertz CT molecular complexity index is 1190. The average molecular weight is 432 g/mol. The van der Waals surface area contributed by atoms with Crippen molar-refractivity contribution in [2.45, 2.75) is 44.4 Å². The molecule has 1 aliphatic heterocycles. The molecule has 0 bridgehead atoms. The van der Waals surface area contributed by atoms with Crippen molar-refractivity contribution in [2.75, 3.05) is 20.1 Å². The largest absolute Gasteiger partial charge is 0.355 e. The molecule has 2 amide bonds. The Morgan fingerprint density at radius 3 is 2.53 bits per heavy atom. The Balaban J connectivity index is 1.51. The molecule has 1 N–H and O–H groups in total. The van der Waals surface area contributed by atoms with Crippen LogP contribution in [0.1, 0.15) is 75.2 Å². The molecular formula is C25H29N5O2. The minimum absolute atomic E-state index is 0.0515. The summed E-state index contributed by atoms with van der Waals surface area (Å²) >= 11 is 0. The smallest absolute Gasteiger partial charge is 0.253 e. The molecule has 7 nitrogen and oxygen atoms in total. The number of aromatic nitrogens is 3. The average Bonchev–Trinajstić information content (AvgIpc) is 3.62.